The summed E-state index contributed by atoms with van der Waals surface area (Å²) in [5.74, 6) is -0.0880. The fourth-order valence-corrected chi connectivity index (χ4v) is 3.62. The van der Waals surface area contributed by atoms with Crippen LogP contribution in [0, 0.1) is 19.8 Å². The molecule has 2 aromatic heterocycles. The molecule has 25 heavy (non-hydrogen) atoms. The van der Waals surface area contributed by atoms with Gasteiger partial charge in [0.05, 0.1) is 5.39 Å². The van der Waals surface area contributed by atoms with Gasteiger partial charge in [-0.25, -0.2) is 0 Å². The molecule has 3 aromatic rings. The molecule has 0 aliphatic heterocycles. The van der Waals surface area contributed by atoms with Gasteiger partial charge in [-0.1, -0.05) is 31.3 Å². The van der Waals surface area contributed by atoms with Crippen molar-refractivity contribution in [2.75, 3.05) is 5.32 Å². The standard InChI is InChI=1S/C18H19N3O3S/c1-9(2)5-15-20-21-18(25-15)19-17(23)14-8-12(22)16-11(4)6-10(3)7-13(16)24-14/h6-9H,5H2,1-4H3,(H,19,21,23). The first kappa shape index (κ1) is 17.3. The number of anilines is 1. The van der Waals surface area contributed by atoms with Crippen molar-refractivity contribution in [3.63, 3.8) is 0 Å². The summed E-state index contributed by atoms with van der Waals surface area (Å²) >= 11 is 1.32. The Hall–Kier alpha value is -2.54. The molecule has 130 valence electrons. The molecule has 0 bridgehead atoms. The summed E-state index contributed by atoms with van der Waals surface area (Å²) in [5, 5.41) is 12.4. The number of carbonyl (C=O) groups is 1. The molecule has 7 heteroatoms. The number of rotatable bonds is 4. The predicted octanol–water partition coefficient (Wildman–Crippen LogP) is 3.71. The molecule has 0 saturated heterocycles. The second kappa shape index (κ2) is 6.76. The summed E-state index contributed by atoms with van der Waals surface area (Å²) in [4.78, 5) is 24.8. The fraction of sp³-hybridized carbons (Fsp3) is 0.333. The summed E-state index contributed by atoms with van der Waals surface area (Å²) in [6, 6.07) is 4.89. The third-order valence-corrected chi connectivity index (χ3v) is 4.53. The summed E-state index contributed by atoms with van der Waals surface area (Å²) < 4.78 is 5.65. The van der Waals surface area contributed by atoms with E-state index < -0.39 is 5.91 Å². The average Bonchev–Trinajstić information content (AvgIpc) is 2.92. The molecule has 0 fully saturated rings. The normalized spacial score (nSPS) is 11.2. The third kappa shape index (κ3) is 3.76. The Kier molecular flexibility index (Phi) is 4.67. The van der Waals surface area contributed by atoms with Crippen LogP contribution >= 0.6 is 11.3 Å². The summed E-state index contributed by atoms with van der Waals surface area (Å²) in [7, 11) is 0. The van der Waals surface area contributed by atoms with E-state index in [2.05, 4.69) is 29.4 Å². The molecule has 0 saturated carbocycles. The molecule has 6 nitrogen and oxygen atoms in total. The van der Waals surface area contributed by atoms with Gasteiger partial charge in [0.2, 0.25) is 5.13 Å². The molecular formula is C18H19N3O3S. The SMILES string of the molecule is Cc1cc(C)c2c(=O)cc(C(=O)Nc3nnc(CC(C)C)s3)oc2c1. The number of carbonyl (C=O) groups excluding carboxylic acids is 1. The number of hydrogen-bond acceptors (Lipinski definition) is 6. The molecule has 3 rings (SSSR count). The highest BCUT2D eigenvalue weighted by molar-refractivity contribution is 7.15. The second-order valence-corrected chi connectivity index (χ2v) is 7.54. The Morgan fingerprint density at radius 3 is 2.72 bits per heavy atom. The maximum absolute atomic E-state index is 12.4. The Labute approximate surface area is 148 Å². The Morgan fingerprint density at radius 2 is 2.00 bits per heavy atom. The number of nitrogens with zero attached hydrogens (tertiary/aromatic N) is 2. The zero-order valence-corrected chi connectivity index (χ0v) is 15.4. The van der Waals surface area contributed by atoms with Gasteiger partial charge >= 0.3 is 0 Å². The van der Waals surface area contributed by atoms with Gasteiger partial charge in [-0.15, -0.1) is 10.2 Å². The van der Waals surface area contributed by atoms with Crippen LogP contribution in [0.1, 0.15) is 40.5 Å². The van der Waals surface area contributed by atoms with Crippen molar-refractivity contribution >= 4 is 33.3 Å². The van der Waals surface area contributed by atoms with Crippen molar-refractivity contribution in [3.05, 3.63) is 50.3 Å². The first-order chi connectivity index (χ1) is 11.8. The largest absolute Gasteiger partial charge is 0.451 e. The van der Waals surface area contributed by atoms with Crippen molar-refractivity contribution in [2.24, 2.45) is 5.92 Å². The summed E-state index contributed by atoms with van der Waals surface area (Å²) in [5.41, 5.74) is 1.97. The van der Waals surface area contributed by atoms with E-state index in [-0.39, 0.29) is 11.2 Å². The van der Waals surface area contributed by atoms with Crippen LogP contribution in [0.2, 0.25) is 0 Å². The number of hydrogen-bond donors (Lipinski definition) is 1. The van der Waals surface area contributed by atoms with E-state index in [0.29, 0.717) is 22.0 Å². The van der Waals surface area contributed by atoms with E-state index in [1.807, 2.05) is 19.9 Å². The smallest absolute Gasteiger partial charge is 0.293 e. The molecule has 0 unspecified atom stereocenters. The summed E-state index contributed by atoms with van der Waals surface area (Å²) in [6.07, 6.45) is 0.803. The zero-order valence-electron chi connectivity index (χ0n) is 14.5. The van der Waals surface area contributed by atoms with Gasteiger partial charge in [-0.3, -0.25) is 14.9 Å². The highest BCUT2D eigenvalue weighted by Crippen LogP contribution is 2.21. The van der Waals surface area contributed by atoms with Crippen molar-refractivity contribution in [3.8, 4) is 0 Å². The Morgan fingerprint density at radius 1 is 1.24 bits per heavy atom. The van der Waals surface area contributed by atoms with Crippen LogP contribution in [-0.2, 0) is 6.42 Å². The number of fused-ring (bicyclic) bond motifs is 1. The van der Waals surface area contributed by atoms with Crippen LogP contribution in [0.3, 0.4) is 0 Å². The van der Waals surface area contributed by atoms with E-state index in [9.17, 15) is 9.59 Å². The number of amides is 1. The molecule has 0 aliphatic carbocycles. The van der Waals surface area contributed by atoms with E-state index >= 15 is 0 Å². The van der Waals surface area contributed by atoms with Gasteiger partial charge in [0, 0.05) is 12.5 Å². The molecule has 1 aromatic carbocycles. The van der Waals surface area contributed by atoms with E-state index in [0.717, 1.165) is 22.6 Å². The van der Waals surface area contributed by atoms with Crippen molar-refractivity contribution in [2.45, 2.75) is 34.1 Å². The molecule has 0 spiro atoms. The van der Waals surface area contributed by atoms with E-state index in [1.165, 1.54) is 17.4 Å². The van der Waals surface area contributed by atoms with E-state index in [1.54, 1.807) is 6.07 Å². The maximum Gasteiger partial charge on any atom is 0.293 e. The van der Waals surface area contributed by atoms with Gasteiger partial charge in [0.1, 0.15) is 10.6 Å². The average molecular weight is 357 g/mol. The first-order valence-electron chi connectivity index (χ1n) is 8.02. The maximum atomic E-state index is 12.4. The lowest BCUT2D eigenvalue weighted by Gasteiger charge is -2.05. The molecular weight excluding hydrogens is 338 g/mol. The monoisotopic (exact) mass is 357 g/mol. The molecule has 2 heterocycles. The van der Waals surface area contributed by atoms with Crippen LogP contribution in [0.25, 0.3) is 11.0 Å². The molecule has 0 radical (unpaired) electrons. The predicted molar refractivity (Wildman–Crippen MR) is 98.4 cm³/mol. The van der Waals surface area contributed by atoms with Crippen molar-refractivity contribution in [1.29, 1.82) is 0 Å². The quantitative estimate of drug-likeness (QED) is 0.769. The van der Waals surface area contributed by atoms with Crippen LogP contribution in [-0.4, -0.2) is 16.1 Å². The number of benzene rings is 1. The van der Waals surface area contributed by atoms with Crippen LogP contribution in [0.4, 0.5) is 5.13 Å². The Bertz CT molecular complexity index is 1000. The summed E-state index contributed by atoms with van der Waals surface area (Å²) in [6.45, 7) is 7.95. The minimum absolute atomic E-state index is 0.0388. The highest BCUT2D eigenvalue weighted by Gasteiger charge is 2.16. The van der Waals surface area contributed by atoms with Crippen LogP contribution < -0.4 is 10.7 Å². The highest BCUT2D eigenvalue weighted by atomic mass is 32.1. The number of aryl methyl sites for hydroxylation is 2. The van der Waals surface area contributed by atoms with Gasteiger partial charge in [0.15, 0.2) is 11.2 Å². The van der Waals surface area contributed by atoms with Gasteiger partial charge in [-0.05, 0) is 37.0 Å². The minimum Gasteiger partial charge on any atom is -0.451 e. The number of aromatic nitrogens is 2. The minimum atomic E-state index is -0.509. The van der Waals surface area contributed by atoms with Gasteiger partial charge in [0.25, 0.3) is 5.91 Å². The molecule has 1 N–H and O–H groups in total. The fourth-order valence-electron chi connectivity index (χ4n) is 2.67. The van der Waals surface area contributed by atoms with Crippen molar-refractivity contribution < 1.29 is 9.21 Å². The second-order valence-electron chi connectivity index (χ2n) is 6.48. The van der Waals surface area contributed by atoms with Crippen LogP contribution in [0.5, 0.6) is 0 Å². The molecule has 0 aliphatic rings. The topological polar surface area (TPSA) is 85.1 Å². The lowest BCUT2D eigenvalue weighted by Crippen LogP contribution is -2.15. The zero-order chi connectivity index (χ0) is 18.1. The number of nitrogens with one attached hydrogen (secondary N) is 1. The van der Waals surface area contributed by atoms with Crippen LogP contribution in [0.15, 0.2) is 27.4 Å². The molecule has 0 atom stereocenters. The first-order valence-corrected chi connectivity index (χ1v) is 8.84. The van der Waals surface area contributed by atoms with Gasteiger partial charge < -0.3 is 4.42 Å². The van der Waals surface area contributed by atoms with Gasteiger partial charge in [-0.2, -0.15) is 0 Å². The lowest BCUT2D eigenvalue weighted by atomic mass is 10.1. The third-order valence-electron chi connectivity index (χ3n) is 3.67. The lowest BCUT2D eigenvalue weighted by molar-refractivity contribution is 0.0997. The van der Waals surface area contributed by atoms with E-state index in [4.69, 9.17) is 4.42 Å². The Balaban J connectivity index is 1.90. The van der Waals surface area contributed by atoms with Crippen molar-refractivity contribution in [1.82, 2.24) is 10.2 Å². The molecule has 1 amide bonds.